The zero-order valence-electron chi connectivity index (χ0n) is 9.47. The molecular weight excluding hydrogens is 240 g/mol. The van der Waals surface area contributed by atoms with E-state index >= 15 is 0 Å². The Kier molecular flexibility index (Phi) is 3.97. The molecule has 0 saturated carbocycles. The third kappa shape index (κ3) is 2.76. The number of pyridine rings is 1. The van der Waals surface area contributed by atoms with Gasteiger partial charge in [0.1, 0.15) is 5.69 Å². The highest BCUT2D eigenvalue weighted by Crippen LogP contribution is 2.22. The van der Waals surface area contributed by atoms with Crippen molar-refractivity contribution in [2.45, 2.75) is 25.3 Å². The van der Waals surface area contributed by atoms with E-state index in [0.29, 0.717) is 17.1 Å². The maximum absolute atomic E-state index is 12.2. The number of aliphatic hydroxyl groups excluding tert-OH is 1. The van der Waals surface area contributed by atoms with Crippen LogP contribution in [-0.4, -0.2) is 40.1 Å². The smallest absolute Gasteiger partial charge is 0.272 e. The predicted octanol–water partition coefficient (Wildman–Crippen LogP) is 1.72. The van der Waals surface area contributed by atoms with Gasteiger partial charge in [0.05, 0.1) is 5.02 Å². The van der Waals surface area contributed by atoms with Crippen LogP contribution in [0.3, 0.4) is 0 Å². The van der Waals surface area contributed by atoms with Crippen LogP contribution in [0.2, 0.25) is 5.02 Å². The van der Waals surface area contributed by atoms with Gasteiger partial charge in [-0.15, -0.1) is 0 Å². The summed E-state index contributed by atoms with van der Waals surface area (Å²) < 4.78 is 0. The van der Waals surface area contributed by atoms with Crippen molar-refractivity contribution < 1.29 is 9.90 Å². The van der Waals surface area contributed by atoms with Crippen molar-refractivity contribution in [3.8, 4) is 0 Å². The molecule has 0 bridgehead atoms. The molecule has 1 amide bonds. The van der Waals surface area contributed by atoms with Crippen molar-refractivity contribution in [2.24, 2.45) is 0 Å². The summed E-state index contributed by atoms with van der Waals surface area (Å²) in [4.78, 5) is 18.0. The van der Waals surface area contributed by atoms with E-state index in [4.69, 9.17) is 16.7 Å². The molecule has 5 heteroatoms. The molecule has 1 aliphatic heterocycles. The van der Waals surface area contributed by atoms with Gasteiger partial charge in [0.15, 0.2) is 0 Å². The fourth-order valence-corrected chi connectivity index (χ4v) is 2.31. The van der Waals surface area contributed by atoms with Gasteiger partial charge in [-0.1, -0.05) is 11.6 Å². The summed E-state index contributed by atoms with van der Waals surface area (Å²) in [6, 6.07) is 3.45. The summed E-state index contributed by atoms with van der Waals surface area (Å²) in [5.74, 6) is -0.0717. The van der Waals surface area contributed by atoms with Crippen LogP contribution in [0.15, 0.2) is 18.3 Å². The Balaban J connectivity index is 2.11. The summed E-state index contributed by atoms with van der Waals surface area (Å²) in [6.07, 6.45) is 4.06. The van der Waals surface area contributed by atoms with Crippen LogP contribution in [0.5, 0.6) is 0 Å². The number of aliphatic hydroxyl groups is 1. The minimum absolute atomic E-state index is 0.0717. The standard InChI is InChI=1S/C12H15ClN2O2/c13-9-3-4-11(14-8-9)12(17)15-6-1-2-10(15)5-7-16/h3-4,8,10,16H,1-2,5-7H2. The number of carbonyl (C=O) groups is 1. The molecule has 4 nitrogen and oxygen atoms in total. The number of rotatable bonds is 3. The lowest BCUT2D eigenvalue weighted by Crippen LogP contribution is -2.36. The lowest BCUT2D eigenvalue weighted by molar-refractivity contribution is 0.0710. The van der Waals surface area contributed by atoms with E-state index in [0.717, 1.165) is 19.4 Å². The van der Waals surface area contributed by atoms with Crippen LogP contribution in [0, 0.1) is 0 Å². The van der Waals surface area contributed by atoms with E-state index in [2.05, 4.69) is 4.98 Å². The van der Waals surface area contributed by atoms with E-state index in [-0.39, 0.29) is 18.6 Å². The SMILES string of the molecule is O=C(c1ccc(Cl)cn1)N1CCCC1CCO. The fourth-order valence-electron chi connectivity index (χ4n) is 2.20. The van der Waals surface area contributed by atoms with Gasteiger partial charge in [-0.05, 0) is 31.4 Å². The zero-order chi connectivity index (χ0) is 12.3. The van der Waals surface area contributed by atoms with Gasteiger partial charge in [-0.3, -0.25) is 4.79 Å². The maximum atomic E-state index is 12.2. The zero-order valence-corrected chi connectivity index (χ0v) is 10.2. The minimum atomic E-state index is -0.0717. The highest BCUT2D eigenvalue weighted by Gasteiger charge is 2.29. The number of carbonyl (C=O) groups excluding carboxylic acids is 1. The molecule has 1 unspecified atom stereocenters. The molecule has 17 heavy (non-hydrogen) atoms. The van der Waals surface area contributed by atoms with E-state index < -0.39 is 0 Å². The Morgan fingerprint density at radius 1 is 1.59 bits per heavy atom. The van der Waals surface area contributed by atoms with Gasteiger partial charge < -0.3 is 10.0 Å². The highest BCUT2D eigenvalue weighted by atomic mass is 35.5. The normalized spacial score (nSPS) is 19.6. The second kappa shape index (κ2) is 5.47. The first-order valence-electron chi connectivity index (χ1n) is 5.76. The Bertz CT molecular complexity index is 394. The average molecular weight is 255 g/mol. The van der Waals surface area contributed by atoms with Gasteiger partial charge in [-0.2, -0.15) is 0 Å². The average Bonchev–Trinajstić information content (AvgIpc) is 2.78. The molecule has 1 saturated heterocycles. The molecule has 2 heterocycles. The van der Waals surface area contributed by atoms with Crippen molar-refractivity contribution in [1.29, 1.82) is 0 Å². The molecule has 1 atom stereocenters. The fraction of sp³-hybridized carbons (Fsp3) is 0.500. The molecule has 1 aliphatic rings. The number of amides is 1. The van der Waals surface area contributed by atoms with Crippen molar-refractivity contribution in [3.05, 3.63) is 29.0 Å². The molecule has 1 aromatic heterocycles. The van der Waals surface area contributed by atoms with Crippen LogP contribution >= 0.6 is 11.6 Å². The third-order valence-electron chi connectivity index (χ3n) is 3.05. The number of likely N-dealkylation sites (tertiary alicyclic amines) is 1. The minimum Gasteiger partial charge on any atom is -0.396 e. The van der Waals surface area contributed by atoms with Crippen LogP contribution < -0.4 is 0 Å². The predicted molar refractivity (Wildman–Crippen MR) is 65.0 cm³/mol. The first kappa shape index (κ1) is 12.3. The van der Waals surface area contributed by atoms with Crippen molar-refractivity contribution >= 4 is 17.5 Å². The molecule has 0 aromatic carbocycles. The lowest BCUT2D eigenvalue weighted by Gasteiger charge is -2.23. The van der Waals surface area contributed by atoms with E-state index in [1.54, 1.807) is 17.0 Å². The Morgan fingerprint density at radius 2 is 2.41 bits per heavy atom. The van der Waals surface area contributed by atoms with E-state index in [9.17, 15) is 4.79 Å². The lowest BCUT2D eigenvalue weighted by atomic mass is 10.1. The number of aromatic nitrogens is 1. The highest BCUT2D eigenvalue weighted by molar-refractivity contribution is 6.30. The van der Waals surface area contributed by atoms with Gasteiger partial charge in [0, 0.05) is 25.4 Å². The van der Waals surface area contributed by atoms with Crippen LogP contribution in [0.4, 0.5) is 0 Å². The summed E-state index contributed by atoms with van der Waals surface area (Å²) in [5.41, 5.74) is 0.416. The monoisotopic (exact) mass is 254 g/mol. The topological polar surface area (TPSA) is 53.4 Å². The first-order chi connectivity index (χ1) is 8.22. The Labute approximate surface area is 105 Å². The molecule has 1 aromatic rings. The number of halogens is 1. The van der Waals surface area contributed by atoms with Gasteiger partial charge >= 0.3 is 0 Å². The number of hydrogen-bond donors (Lipinski definition) is 1. The molecule has 0 aliphatic carbocycles. The first-order valence-corrected chi connectivity index (χ1v) is 6.13. The van der Waals surface area contributed by atoms with Crippen LogP contribution in [0.25, 0.3) is 0 Å². The molecule has 92 valence electrons. The molecule has 1 N–H and O–H groups in total. The third-order valence-corrected chi connectivity index (χ3v) is 3.27. The molecule has 0 spiro atoms. The van der Waals surface area contributed by atoms with Crippen molar-refractivity contribution in [1.82, 2.24) is 9.88 Å². The summed E-state index contributed by atoms with van der Waals surface area (Å²) in [5, 5.41) is 9.49. The van der Waals surface area contributed by atoms with Gasteiger partial charge in [0.2, 0.25) is 0 Å². The second-order valence-corrected chi connectivity index (χ2v) is 4.60. The van der Waals surface area contributed by atoms with Gasteiger partial charge in [-0.25, -0.2) is 4.98 Å². The summed E-state index contributed by atoms with van der Waals surface area (Å²) >= 11 is 5.73. The molecular formula is C12H15ClN2O2. The Hall–Kier alpha value is -1.13. The van der Waals surface area contributed by atoms with Crippen LogP contribution in [0.1, 0.15) is 29.8 Å². The summed E-state index contributed by atoms with van der Waals surface area (Å²) in [7, 11) is 0. The van der Waals surface area contributed by atoms with Crippen molar-refractivity contribution in [3.63, 3.8) is 0 Å². The van der Waals surface area contributed by atoms with Crippen LogP contribution in [-0.2, 0) is 0 Å². The van der Waals surface area contributed by atoms with E-state index in [1.807, 2.05) is 0 Å². The molecule has 0 radical (unpaired) electrons. The van der Waals surface area contributed by atoms with Gasteiger partial charge in [0.25, 0.3) is 5.91 Å². The summed E-state index contributed by atoms with van der Waals surface area (Å²) in [6.45, 7) is 0.857. The van der Waals surface area contributed by atoms with E-state index in [1.165, 1.54) is 6.20 Å². The number of nitrogens with zero attached hydrogens (tertiary/aromatic N) is 2. The Morgan fingerprint density at radius 3 is 3.06 bits per heavy atom. The quantitative estimate of drug-likeness (QED) is 0.894. The largest absolute Gasteiger partial charge is 0.396 e. The van der Waals surface area contributed by atoms with Crippen molar-refractivity contribution in [2.75, 3.05) is 13.2 Å². The number of hydrogen-bond acceptors (Lipinski definition) is 3. The second-order valence-electron chi connectivity index (χ2n) is 4.17. The molecule has 1 fully saturated rings. The molecule has 2 rings (SSSR count). The maximum Gasteiger partial charge on any atom is 0.272 e.